The number of aromatic nitrogens is 3. The van der Waals surface area contributed by atoms with Gasteiger partial charge in [0.1, 0.15) is 0 Å². The molecule has 11 heteroatoms. The van der Waals surface area contributed by atoms with Crippen LogP contribution in [0.5, 0.6) is 11.5 Å². The van der Waals surface area contributed by atoms with E-state index >= 15 is 0 Å². The van der Waals surface area contributed by atoms with Gasteiger partial charge in [0, 0.05) is 19.8 Å². The molecule has 0 spiro atoms. The summed E-state index contributed by atoms with van der Waals surface area (Å²) in [6.07, 6.45) is 1.43. The molecule has 1 amide bonds. The zero-order valence-electron chi connectivity index (χ0n) is 17.1. The topological polar surface area (TPSA) is 96.7 Å². The van der Waals surface area contributed by atoms with Gasteiger partial charge in [-0.15, -0.1) is 5.10 Å². The number of benzene rings is 1. The van der Waals surface area contributed by atoms with Gasteiger partial charge in [-0.05, 0) is 38.0 Å². The van der Waals surface area contributed by atoms with Crippen LogP contribution in [0.1, 0.15) is 29.9 Å². The van der Waals surface area contributed by atoms with Gasteiger partial charge in [0.05, 0.1) is 19.9 Å². The van der Waals surface area contributed by atoms with Gasteiger partial charge >= 0.3 is 6.61 Å². The van der Waals surface area contributed by atoms with E-state index in [0.717, 1.165) is 0 Å². The monoisotopic (exact) mass is 428 g/mol. The first-order valence-corrected chi connectivity index (χ1v) is 9.50. The van der Waals surface area contributed by atoms with Crippen molar-refractivity contribution in [3.05, 3.63) is 35.7 Å². The Bertz CT molecular complexity index is 797. The Hall–Kier alpha value is -2.79. The number of rotatable bonds is 13. The number of halogens is 2. The van der Waals surface area contributed by atoms with E-state index in [2.05, 4.69) is 20.4 Å². The van der Waals surface area contributed by atoms with E-state index in [0.29, 0.717) is 31.7 Å². The maximum absolute atomic E-state index is 12.5. The van der Waals surface area contributed by atoms with Crippen molar-refractivity contribution in [3.63, 3.8) is 0 Å². The normalized spacial score (nSPS) is 11.2. The van der Waals surface area contributed by atoms with Crippen LogP contribution in [0.15, 0.2) is 24.4 Å². The van der Waals surface area contributed by atoms with Crippen molar-refractivity contribution in [1.29, 1.82) is 0 Å². The van der Waals surface area contributed by atoms with E-state index in [1.54, 1.807) is 6.07 Å². The van der Waals surface area contributed by atoms with Crippen molar-refractivity contribution < 1.29 is 32.5 Å². The minimum atomic E-state index is -2.96. The number of carbonyl (C=O) groups is 1. The molecule has 9 nitrogen and oxygen atoms in total. The SMILES string of the molecule is CCOC(Cn1cc(C(=O)NCCc2ccc(OC)c(OC(F)F)c2)nn1)OCC. The van der Waals surface area contributed by atoms with Crippen molar-refractivity contribution >= 4 is 5.91 Å². The number of ether oxygens (including phenoxy) is 4. The summed E-state index contributed by atoms with van der Waals surface area (Å²) >= 11 is 0. The predicted octanol–water partition coefficient (Wildman–Crippen LogP) is 2.26. The zero-order chi connectivity index (χ0) is 21.9. The zero-order valence-corrected chi connectivity index (χ0v) is 17.1. The molecule has 0 aliphatic heterocycles. The minimum Gasteiger partial charge on any atom is -0.493 e. The standard InChI is InChI=1S/C19H26F2N4O5/c1-4-28-17(29-5-2)12-25-11-14(23-24-25)18(26)22-9-8-13-6-7-15(27-3)16(10-13)30-19(20)21/h6-7,10-11,17,19H,4-5,8-9,12H2,1-3H3,(H,22,26). The van der Waals surface area contributed by atoms with E-state index in [1.807, 2.05) is 13.8 Å². The molecule has 2 rings (SSSR count). The van der Waals surface area contributed by atoms with E-state index in [1.165, 1.54) is 30.1 Å². The van der Waals surface area contributed by atoms with Crippen LogP contribution in [0.4, 0.5) is 8.78 Å². The Morgan fingerprint density at radius 3 is 2.57 bits per heavy atom. The lowest BCUT2D eigenvalue weighted by atomic mass is 10.1. The Kier molecular flexibility index (Phi) is 9.42. The molecule has 0 unspecified atom stereocenters. The van der Waals surface area contributed by atoms with Crippen LogP contribution in [-0.2, 0) is 22.4 Å². The molecule has 0 bridgehead atoms. The highest BCUT2D eigenvalue weighted by Gasteiger charge is 2.15. The molecule has 2 aromatic rings. The molecule has 0 saturated heterocycles. The van der Waals surface area contributed by atoms with E-state index in [-0.39, 0.29) is 23.7 Å². The Balaban J connectivity index is 1.88. The van der Waals surface area contributed by atoms with Gasteiger partial charge in [0.25, 0.3) is 5.91 Å². The first-order chi connectivity index (χ1) is 14.5. The summed E-state index contributed by atoms with van der Waals surface area (Å²) in [5.74, 6) is -0.252. The highest BCUT2D eigenvalue weighted by molar-refractivity contribution is 5.91. The Morgan fingerprint density at radius 2 is 1.93 bits per heavy atom. The van der Waals surface area contributed by atoms with Crippen LogP contribution >= 0.6 is 0 Å². The molecule has 1 heterocycles. The molecule has 0 saturated carbocycles. The number of hydrogen-bond donors (Lipinski definition) is 1. The molecular weight excluding hydrogens is 402 g/mol. The lowest BCUT2D eigenvalue weighted by Crippen LogP contribution is -2.26. The van der Waals surface area contributed by atoms with E-state index in [9.17, 15) is 13.6 Å². The maximum atomic E-state index is 12.5. The summed E-state index contributed by atoms with van der Waals surface area (Å²) in [4.78, 5) is 12.3. The van der Waals surface area contributed by atoms with E-state index in [4.69, 9.17) is 14.2 Å². The van der Waals surface area contributed by atoms with Gasteiger partial charge in [-0.3, -0.25) is 4.79 Å². The van der Waals surface area contributed by atoms with Crippen LogP contribution in [-0.4, -0.2) is 60.7 Å². The Labute approximate surface area is 173 Å². The molecule has 0 aliphatic rings. The van der Waals surface area contributed by atoms with Crippen LogP contribution in [0, 0.1) is 0 Å². The first-order valence-electron chi connectivity index (χ1n) is 9.50. The van der Waals surface area contributed by atoms with Crippen LogP contribution in [0.25, 0.3) is 0 Å². The van der Waals surface area contributed by atoms with Crippen LogP contribution in [0.2, 0.25) is 0 Å². The molecule has 30 heavy (non-hydrogen) atoms. The van der Waals surface area contributed by atoms with Crippen molar-refractivity contribution in [3.8, 4) is 11.5 Å². The van der Waals surface area contributed by atoms with Crippen LogP contribution < -0.4 is 14.8 Å². The van der Waals surface area contributed by atoms with Gasteiger partial charge in [-0.2, -0.15) is 8.78 Å². The van der Waals surface area contributed by atoms with Crippen molar-refractivity contribution in [2.75, 3.05) is 26.9 Å². The highest BCUT2D eigenvalue weighted by atomic mass is 19.3. The average Bonchev–Trinajstić information content (AvgIpc) is 3.17. The molecule has 166 valence electrons. The fraction of sp³-hybridized carbons (Fsp3) is 0.526. The third-order valence-electron chi connectivity index (χ3n) is 3.96. The number of methoxy groups -OCH3 is 1. The fourth-order valence-corrected chi connectivity index (χ4v) is 2.65. The molecule has 1 N–H and O–H groups in total. The summed E-state index contributed by atoms with van der Waals surface area (Å²) in [6, 6.07) is 4.70. The predicted molar refractivity (Wildman–Crippen MR) is 103 cm³/mol. The lowest BCUT2D eigenvalue weighted by Gasteiger charge is -2.16. The summed E-state index contributed by atoms with van der Waals surface area (Å²) in [7, 11) is 1.37. The molecule has 0 fully saturated rings. The van der Waals surface area contributed by atoms with Gasteiger partial charge in [0.15, 0.2) is 23.5 Å². The second-order valence-electron chi connectivity index (χ2n) is 6.04. The second-order valence-corrected chi connectivity index (χ2v) is 6.04. The number of amides is 1. The lowest BCUT2D eigenvalue weighted by molar-refractivity contribution is -0.145. The molecule has 1 aromatic heterocycles. The van der Waals surface area contributed by atoms with Gasteiger partial charge in [-0.25, -0.2) is 4.68 Å². The van der Waals surface area contributed by atoms with Crippen molar-refractivity contribution in [2.24, 2.45) is 0 Å². The Morgan fingerprint density at radius 1 is 1.20 bits per heavy atom. The first kappa shape index (κ1) is 23.5. The summed E-state index contributed by atoms with van der Waals surface area (Å²) in [5, 5.41) is 10.5. The number of carbonyl (C=O) groups excluding carboxylic acids is 1. The smallest absolute Gasteiger partial charge is 0.387 e. The van der Waals surface area contributed by atoms with Crippen molar-refractivity contribution in [2.45, 2.75) is 39.7 Å². The third-order valence-corrected chi connectivity index (χ3v) is 3.96. The van der Waals surface area contributed by atoms with Crippen molar-refractivity contribution in [1.82, 2.24) is 20.3 Å². The summed E-state index contributed by atoms with van der Waals surface area (Å²) < 4.78 is 46.8. The summed E-state index contributed by atoms with van der Waals surface area (Å²) in [6.45, 7) is 2.31. The molecular formula is C19H26F2N4O5. The second kappa shape index (κ2) is 12.0. The molecule has 1 aromatic carbocycles. The number of alkyl halides is 2. The third kappa shape index (κ3) is 7.23. The summed E-state index contributed by atoms with van der Waals surface area (Å²) in [5.41, 5.74) is 0.852. The van der Waals surface area contributed by atoms with Gasteiger partial charge < -0.3 is 24.3 Å². The number of nitrogens with one attached hydrogen (secondary N) is 1. The maximum Gasteiger partial charge on any atom is 0.387 e. The minimum absolute atomic E-state index is 0.0579. The molecule has 0 atom stereocenters. The van der Waals surface area contributed by atoms with Gasteiger partial charge in [0.2, 0.25) is 0 Å². The molecule has 0 radical (unpaired) electrons. The molecule has 0 aliphatic carbocycles. The quantitative estimate of drug-likeness (QED) is 0.489. The number of hydrogen-bond acceptors (Lipinski definition) is 7. The average molecular weight is 428 g/mol. The van der Waals surface area contributed by atoms with Gasteiger partial charge in [-0.1, -0.05) is 11.3 Å². The van der Waals surface area contributed by atoms with E-state index < -0.39 is 18.8 Å². The fourth-order valence-electron chi connectivity index (χ4n) is 2.65. The largest absolute Gasteiger partial charge is 0.493 e. The highest BCUT2D eigenvalue weighted by Crippen LogP contribution is 2.29. The van der Waals surface area contributed by atoms with Crippen LogP contribution in [0.3, 0.4) is 0 Å². The number of nitrogens with zero attached hydrogens (tertiary/aromatic N) is 3.